The maximum Gasteiger partial charge on any atom is 0.0952 e. The lowest BCUT2D eigenvalue weighted by molar-refractivity contribution is 0.281. The van der Waals surface area contributed by atoms with Crippen molar-refractivity contribution in [2.45, 2.75) is 89.5 Å². The molecule has 0 rings (SSSR count). The molecule has 1 nitrogen and oxygen atoms in total. The van der Waals surface area contributed by atoms with Crippen molar-refractivity contribution >= 4 is 0 Å². The maximum absolute atomic E-state index is 4.93. The monoisotopic (exact) mass is 304 g/mol. The van der Waals surface area contributed by atoms with Gasteiger partial charge in [-0.05, 0) is 13.0 Å². The molecule has 0 aromatic rings. The van der Waals surface area contributed by atoms with E-state index in [1.165, 1.54) is 0 Å². The standard InChI is InChI=1S/C7H12O.C3H6.5C2H6/c1-4-6-7(5-2)8-3;1-3-2;5*1-2/h4,6H,1,5H2,2-3H3;3H,1H2,2H3;5*1-2H3/b7-6+;;;;;;. The van der Waals surface area contributed by atoms with E-state index in [4.69, 9.17) is 4.74 Å². The Bertz CT molecular complexity index is 118. The van der Waals surface area contributed by atoms with Gasteiger partial charge in [-0.3, -0.25) is 0 Å². The fraction of sp³-hybridized carbons (Fsp3) is 0.700. The molecule has 0 aromatic carbocycles. The third kappa shape index (κ3) is 152. The molecule has 0 heterocycles. The summed E-state index contributed by atoms with van der Waals surface area (Å²) in [6.07, 6.45) is 6.27. The van der Waals surface area contributed by atoms with Crippen molar-refractivity contribution in [3.05, 3.63) is 37.1 Å². The molecule has 0 N–H and O–H groups in total. The van der Waals surface area contributed by atoms with E-state index in [2.05, 4.69) is 13.2 Å². The van der Waals surface area contributed by atoms with Crippen LogP contribution in [0, 0.1) is 0 Å². The van der Waals surface area contributed by atoms with Crippen LogP contribution in [0.5, 0.6) is 0 Å². The van der Waals surface area contributed by atoms with Crippen molar-refractivity contribution in [1.82, 2.24) is 0 Å². The van der Waals surface area contributed by atoms with E-state index in [-0.39, 0.29) is 0 Å². The predicted molar refractivity (Wildman–Crippen MR) is 108 cm³/mol. The van der Waals surface area contributed by atoms with E-state index >= 15 is 0 Å². The van der Waals surface area contributed by atoms with Crippen LogP contribution in [-0.4, -0.2) is 7.11 Å². The van der Waals surface area contributed by atoms with Crippen LogP contribution in [-0.2, 0) is 4.74 Å². The Morgan fingerprint density at radius 2 is 1.05 bits per heavy atom. The van der Waals surface area contributed by atoms with Gasteiger partial charge < -0.3 is 4.74 Å². The molecule has 0 atom stereocenters. The van der Waals surface area contributed by atoms with Gasteiger partial charge in [-0.25, -0.2) is 0 Å². The number of hydrogen-bond acceptors (Lipinski definition) is 1. The zero-order chi connectivity index (χ0) is 19.1. The molecule has 0 radical (unpaired) electrons. The molecule has 21 heavy (non-hydrogen) atoms. The number of allylic oxidation sites excluding steroid dienone is 4. The van der Waals surface area contributed by atoms with E-state index in [1.54, 1.807) is 19.3 Å². The van der Waals surface area contributed by atoms with E-state index < -0.39 is 0 Å². The highest BCUT2D eigenvalue weighted by Crippen LogP contribution is 1.98. The minimum atomic E-state index is 0.933. The van der Waals surface area contributed by atoms with Crippen LogP contribution < -0.4 is 0 Å². The van der Waals surface area contributed by atoms with Gasteiger partial charge in [0, 0.05) is 6.42 Å². The maximum atomic E-state index is 4.93. The zero-order valence-corrected chi connectivity index (χ0v) is 17.8. The van der Waals surface area contributed by atoms with E-state index in [0.717, 1.165) is 12.2 Å². The third-order valence-electron chi connectivity index (χ3n) is 0.914. The van der Waals surface area contributed by atoms with Gasteiger partial charge in [0.05, 0.1) is 12.9 Å². The average molecular weight is 305 g/mol. The van der Waals surface area contributed by atoms with Crippen LogP contribution in [0.25, 0.3) is 0 Å². The van der Waals surface area contributed by atoms with Gasteiger partial charge in [0.25, 0.3) is 0 Å². The first-order valence-corrected chi connectivity index (χ1v) is 8.69. The SMILES string of the molecule is C=C/C=C(\CC)OC.C=CC.CC.CC.CC.CC.CC. The van der Waals surface area contributed by atoms with Crippen molar-refractivity contribution < 1.29 is 4.74 Å². The summed E-state index contributed by atoms with van der Waals surface area (Å²) >= 11 is 0. The van der Waals surface area contributed by atoms with Gasteiger partial charge in [0.1, 0.15) is 0 Å². The lowest BCUT2D eigenvalue weighted by atomic mass is 10.3. The van der Waals surface area contributed by atoms with Crippen molar-refractivity contribution in [2.24, 2.45) is 0 Å². The number of methoxy groups -OCH3 is 1. The van der Waals surface area contributed by atoms with Crippen molar-refractivity contribution in [1.29, 1.82) is 0 Å². The van der Waals surface area contributed by atoms with Gasteiger partial charge in [-0.2, -0.15) is 0 Å². The molecule has 0 amide bonds. The molecule has 134 valence electrons. The molecule has 0 spiro atoms. The van der Waals surface area contributed by atoms with Crippen LogP contribution in [0.2, 0.25) is 0 Å². The van der Waals surface area contributed by atoms with Crippen molar-refractivity contribution in [3.63, 3.8) is 0 Å². The van der Waals surface area contributed by atoms with Crippen LogP contribution >= 0.6 is 0 Å². The zero-order valence-electron chi connectivity index (χ0n) is 17.8. The van der Waals surface area contributed by atoms with E-state index in [0.29, 0.717) is 0 Å². The van der Waals surface area contributed by atoms with Crippen LogP contribution in [0.3, 0.4) is 0 Å². The Morgan fingerprint density at radius 3 is 1.10 bits per heavy atom. The second kappa shape index (κ2) is 125. The Kier molecular flexibility index (Phi) is 255. The summed E-state index contributed by atoms with van der Waals surface area (Å²) in [5.74, 6) is 0.972. The number of rotatable bonds is 3. The Morgan fingerprint density at radius 1 is 0.810 bits per heavy atom. The normalized spacial score (nSPS) is 6.24. The highest BCUT2D eigenvalue weighted by Gasteiger charge is 1.84. The van der Waals surface area contributed by atoms with Crippen LogP contribution in [0.1, 0.15) is 89.5 Å². The molecule has 0 unspecified atom stereocenters. The highest BCUT2D eigenvalue weighted by molar-refractivity contribution is 5.03. The van der Waals surface area contributed by atoms with Crippen LogP contribution in [0.15, 0.2) is 37.1 Å². The second-order valence-electron chi connectivity index (χ2n) is 1.83. The average Bonchev–Trinajstić information content (AvgIpc) is 2.62. The van der Waals surface area contributed by atoms with Gasteiger partial charge >= 0.3 is 0 Å². The topological polar surface area (TPSA) is 9.23 Å². The predicted octanol–water partition coefficient (Wildman–Crippen LogP) is 8.44. The molecule has 0 aliphatic carbocycles. The molecular weight excluding hydrogens is 256 g/mol. The summed E-state index contributed by atoms with van der Waals surface area (Å²) in [4.78, 5) is 0. The molecule has 0 aromatic heterocycles. The molecule has 0 saturated carbocycles. The smallest absolute Gasteiger partial charge is 0.0952 e. The van der Waals surface area contributed by atoms with E-state index in [1.807, 2.05) is 89.2 Å². The Hall–Kier alpha value is -0.980. The number of ether oxygens (including phenoxy) is 1. The second-order valence-corrected chi connectivity index (χ2v) is 1.83. The fourth-order valence-corrected chi connectivity index (χ4v) is 0.462. The highest BCUT2D eigenvalue weighted by atomic mass is 16.5. The summed E-state index contributed by atoms with van der Waals surface area (Å²) in [7, 11) is 1.67. The summed E-state index contributed by atoms with van der Waals surface area (Å²) < 4.78 is 4.93. The van der Waals surface area contributed by atoms with Gasteiger partial charge in [0.15, 0.2) is 0 Å². The van der Waals surface area contributed by atoms with Crippen molar-refractivity contribution in [3.8, 4) is 0 Å². The lowest BCUT2D eigenvalue weighted by Gasteiger charge is -1.98. The minimum Gasteiger partial charge on any atom is -0.501 e. The summed E-state index contributed by atoms with van der Waals surface area (Å²) in [5, 5.41) is 0. The van der Waals surface area contributed by atoms with Crippen LogP contribution in [0.4, 0.5) is 0 Å². The molecular formula is C20H48O. The summed E-state index contributed by atoms with van der Waals surface area (Å²) in [6.45, 7) is 30.8. The molecule has 1 heteroatoms. The molecule has 0 fully saturated rings. The molecule has 0 bridgehead atoms. The third-order valence-corrected chi connectivity index (χ3v) is 0.914. The lowest BCUT2D eigenvalue weighted by Crippen LogP contribution is -1.80. The first-order valence-electron chi connectivity index (χ1n) is 8.69. The quantitative estimate of drug-likeness (QED) is 0.289. The first kappa shape index (κ1) is 42.7. The molecule has 0 aliphatic heterocycles. The Labute approximate surface area is 139 Å². The largest absolute Gasteiger partial charge is 0.501 e. The van der Waals surface area contributed by atoms with E-state index in [9.17, 15) is 0 Å². The van der Waals surface area contributed by atoms with Gasteiger partial charge in [-0.1, -0.05) is 94.9 Å². The van der Waals surface area contributed by atoms with Gasteiger partial charge in [0.2, 0.25) is 0 Å². The summed E-state index contributed by atoms with van der Waals surface area (Å²) in [5.41, 5.74) is 0. The molecule has 0 aliphatic rings. The summed E-state index contributed by atoms with van der Waals surface area (Å²) in [6, 6.07) is 0. The van der Waals surface area contributed by atoms with Crippen molar-refractivity contribution in [2.75, 3.05) is 7.11 Å². The number of hydrogen-bond donors (Lipinski definition) is 0. The fourth-order valence-electron chi connectivity index (χ4n) is 0.462. The minimum absolute atomic E-state index is 0.933. The Balaban J connectivity index is -0.0000000256. The first-order chi connectivity index (χ1) is 10.3. The van der Waals surface area contributed by atoms with Gasteiger partial charge in [-0.15, -0.1) is 6.58 Å². The molecule has 0 saturated heterocycles.